The predicted molar refractivity (Wildman–Crippen MR) is 268 cm³/mol. The van der Waals surface area contributed by atoms with Crippen molar-refractivity contribution in [2.75, 3.05) is 10.2 Å². The minimum atomic E-state index is 0.0143. The van der Waals surface area contributed by atoms with Crippen molar-refractivity contribution >= 4 is 40.1 Å². The third kappa shape index (κ3) is 5.94. The fourth-order valence-electron chi connectivity index (χ4n) is 11.7. The topological polar surface area (TPSA) is 20.2 Å². The summed E-state index contributed by atoms with van der Waals surface area (Å²) in [5, 5.41) is 3.94. The molecule has 2 aliphatic heterocycles. The highest BCUT2D eigenvalue weighted by atomic mass is 15.2. The first kappa shape index (κ1) is 37.2. The molecule has 0 saturated heterocycles. The summed E-state index contributed by atoms with van der Waals surface area (Å²) < 4.78 is 2.73. The zero-order valence-electron chi connectivity index (χ0n) is 36.0. The number of hydrogen-bond acceptors (Lipinski definition) is 2. The van der Waals surface area contributed by atoms with Crippen LogP contribution in [-0.4, -0.2) is 4.57 Å². The number of benzene rings is 7. The standard InChI is InChI=1S/C61H49N3/c1-2-16-40(17-3-1)43-34-37-50-54(39-43)49-23-6-10-28-55(49)62-60(50)42-32-35-45(36-33-42)63-56-29-11-7-24-51(56)59-52-25-8-12-30-57(52)64(61(59)53-26-9-13-31-58(53)63)46-21-14-20-44(38-46)48-27-15-19-41-18-4-5-22-47(41)48/h1-11,13,16-18,22-29,31-39,44,60,62H,12,14-15,19-21,30H2. The van der Waals surface area contributed by atoms with Crippen LogP contribution in [0.25, 0.3) is 62.0 Å². The van der Waals surface area contributed by atoms with E-state index in [1.54, 1.807) is 0 Å². The Morgan fingerprint density at radius 1 is 0.562 bits per heavy atom. The highest BCUT2D eigenvalue weighted by Gasteiger charge is 2.35. The van der Waals surface area contributed by atoms with Gasteiger partial charge in [0.15, 0.2) is 0 Å². The van der Waals surface area contributed by atoms with Crippen LogP contribution in [0.1, 0.15) is 71.7 Å². The molecule has 2 unspecified atom stereocenters. The smallest absolute Gasteiger partial charge is 0.0773 e. The molecular weight excluding hydrogens is 775 g/mol. The van der Waals surface area contributed by atoms with Gasteiger partial charge in [0, 0.05) is 56.5 Å². The number of hydrogen-bond donors (Lipinski definition) is 1. The van der Waals surface area contributed by atoms with E-state index in [1.807, 2.05) is 0 Å². The number of aromatic nitrogens is 1. The summed E-state index contributed by atoms with van der Waals surface area (Å²) in [7, 11) is 0. The maximum Gasteiger partial charge on any atom is 0.0773 e. The third-order valence-corrected chi connectivity index (χ3v) is 14.6. The lowest BCUT2D eigenvalue weighted by atomic mass is 9.79. The second kappa shape index (κ2) is 15.2. The maximum absolute atomic E-state index is 3.94. The van der Waals surface area contributed by atoms with Crippen molar-refractivity contribution in [3.63, 3.8) is 0 Å². The molecule has 0 bridgehead atoms. The number of aryl methyl sites for hydroxylation is 1. The van der Waals surface area contributed by atoms with Crippen LogP contribution in [0.15, 0.2) is 188 Å². The highest BCUT2D eigenvalue weighted by molar-refractivity contribution is 6.06. The van der Waals surface area contributed by atoms with Gasteiger partial charge in [0.1, 0.15) is 0 Å². The molecule has 13 rings (SSSR count). The van der Waals surface area contributed by atoms with Gasteiger partial charge in [-0.05, 0) is 126 Å². The van der Waals surface area contributed by atoms with E-state index in [-0.39, 0.29) is 6.04 Å². The van der Waals surface area contributed by atoms with Crippen LogP contribution in [0, 0.1) is 5.92 Å². The van der Waals surface area contributed by atoms with Crippen LogP contribution >= 0.6 is 0 Å². The number of allylic oxidation sites excluding steroid dienone is 5. The summed E-state index contributed by atoms with van der Waals surface area (Å²) in [5.74, 6) is 0.409. The Hall–Kier alpha value is -7.36. The van der Waals surface area contributed by atoms with Gasteiger partial charge in [-0.25, -0.2) is 0 Å². The normalized spacial score (nSPS) is 17.8. The Morgan fingerprint density at radius 3 is 2.16 bits per heavy atom. The highest BCUT2D eigenvalue weighted by Crippen LogP contribution is 2.56. The van der Waals surface area contributed by atoms with Crippen LogP contribution in [0.3, 0.4) is 0 Å². The van der Waals surface area contributed by atoms with E-state index in [1.165, 1.54) is 119 Å². The zero-order valence-corrected chi connectivity index (χ0v) is 36.0. The minimum absolute atomic E-state index is 0.0143. The first-order valence-electron chi connectivity index (χ1n) is 23.3. The minimum Gasteiger partial charge on any atom is -0.374 e. The molecule has 7 aromatic carbocycles. The lowest BCUT2D eigenvalue weighted by Crippen LogP contribution is -2.18. The molecule has 3 aliphatic carbocycles. The molecular formula is C61H49N3. The molecule has 1 N–H and O–H groups in total. The lowest BCUT2D eigenvalue weighted by Gasteiger charge is -2.32. The summed E-state index contributed by atoms with van der Waals surface area (Å²) in [6.45, 7) is 0. The lowest BCUT2D eigenvalue weighted by molar-refractivity contribution is 0.631. The third-order valence-electron chi connectivity index (χ3n) is 14.6. The fourth-order valence-corrected chi connectivity index (χ4v) is 11.7. The molecule has 3 heterocycles. The van der Waals surface area contributed by atoms with Crippen molar-refractivity contribution in [1.82, 2.24) is 4.57 Å². The van der Waals surface area contributed by atoms with E-state index in [2.05, 4.69) is 209 Å². The molecule has 3 nitrogen and oxygen atoms in total. The molecule has 308 valence electrons. The van der Waals surface area contributed by atoms with Crippen LogP contribution in [0.4, 0.5) is 22.7 Å². The molecule has 0 amide bonds. The first-order chi connectivity index (χ1) is 31.8. The van der Waals surface area contributed by atoms with Crippen molar-refractivity contribution < 1.29 is 0 Å². The van der Waals surface area contributed by atoms with Crippen molar-refractivity contribution in [3.05, 3.63) is 222 Å². The largest absolute Gasteiger partial charge is 0.374 e. The van der Waals surface area contributed by atoms with E-state index < -0.39 is 0 Å². The van der Waals surface area contributed by atoms with E-state index in [0.717, 1.165) is 37.8 Å². The summed E-state index contributed by atoms with van der Waals surface area (Å²) in [4.78, 5) is 2.52. The van der Waals surface area contributed by atoms with Gasteiger partial charge in [0.05, 0.1) is 23.1 Å². The molecule has 5 aliphatic rings. The number of fused-ring (bicyclic) bond motifs is 11. The van der Waals surface area contributed by atoms with Crippen LogP contribution in [0.2, 0.25) is 0 Å². The average molecular weight is 824 g/mol. The monoisotopic (exact) mass is 823 g/mol. The van der Waals surface area contributed by atoms with Crippen LogP contribution in [0.5, 0.6) is 0 Å². The maximum atomic E-state index is 3.94. The zero-order chi connectivity index (χ0) is 42.1. The van der Waals surface area contributed by atoms with E-state index in [4.69, 9.17) is 0 Å². The van der Waals surface area contributed by atoms with Gasteiger partial charge in [-0.2, -0.15) is 0 Å². The summed E-state index contributed by atoms with van der Waals surface area (Å²) in [5.41, 5.74) is 26.3. The summed E-state index contributed by atoms with van der Waals surface area (Å²) >= 11 is 0. The van der Waals surface area contributed by atoms with Gasteiger partial charge >= 0.3 is 0 Å². The van der Waals surface area contributed by atoms with E-state index >= 15 is 0 Å². The van der Waals surface area contributed by atoms with Gasteiger partial charge in [0.25, 0.3) is 0 Å². The predicted octanol–water partition coefficient (Wildman–Crippen LogP) is 16.1. The molecule has 8 aromatic rings. The number of para-hydroxylation sites is 3. The Morgan fingerprint density at radius 2 is 1.30 bits per heavy atom. The van der Waals surface area contributed by atoms with Gasteiger partial charge in [0.2, 0.25) is 0 Å². The first-order valence-corrected chi connectivity index (χ1v) is 23.3. The van der Waals surface area contributed by atoms with Gasteiger partial charge in [-0.3, -0.25) is 0 Å². The Balaban J connectivity index is 0.935. The Labute approximate surface area is 376 Å². The molecule has 0 spiro atoms. The van der Waals surface area contributed by atoms with Gasteiger partial charge in [-0.15, -0.1) is 0 Å². The Kier molecular flexibility index (Phi) is 8.82. The number of nitrogens with one attached hydrogen (secondary N) is 1. The number of nitrogens with zero attached hydrogens (tertiary/aromatic N) is 2. The summed E-state index contributed by atoms with van der Waals surface area (Å²) in [6, 6.07) is 63.3. The Bertz CT molecular complexity index is 3230. The average Bonchev–Trinajstić information content (AvgIpc) is 3.65. The SMILES string of the molecule is C1=Cc2c3c(n(C4=CC(C5=CCCc6ccccc65)CCC4)c2CC1)-c1ccccc1N(c1ccc(C2Nc4ccccc4-c4cc(-c5ccccc5)ccc42)cc1)c1ccccc1-3. The molecule has 3 heteroatoms. The van der Waals surface area contributed by atoms with Crippen molar-refractivity contribution in [3.8, 4) is 44.6 Å². The van der Waals surface area contributed by atoms with Crippen LogP contribution < -0.4 is 10.2 Å². The second-order valence-corrected chi connectivity index (χ2v) is 18.1. The molecule has 0 fully saturated rings. The molecule has 2 atom stereocenters. The van der Waals surface area contributed by atoms with Crippen molar-refractivity contribution in [2.24, 2.45) is 5.92 Å². The van der Waals surface area contributed by atoms with E-state index in [0.29, 0.717) is 5.92 Å². The van der Waals surface area contributed by atoms with Crippen molar-refractivity contribution in [2.45, 2.75) is 51.0 Å². The number of anilines is 4. The van der Waals surface area contributed by atoms with Gasteiger partial charge in [-0.1, -0.05) is 158 Å². The number of rotatable bonds is 5. The molecule has 0 radical (unpaired) electrons. The van der Waals surface area contributed by atoms with Crippen LogP contribution in [-0.2, 0) is 12.8 Å². The fraction of sp³-hybridized carbons (Fsp3) is 0.148. The molecule has 64 heavy (non-hydrogen) atoms. The summed E-state index contributed by atoms with van der Waals surface area (Å²) in [6.07, 6.45) is 17.8. The van der Waals surface area contributed by atoms with E-state index in [9.17, 15) is 0 Å². The molecule has 1 aromatic heterocycles. The quantitative estimate of drug-likeness (QED) is 0.187. The van der Waals surface area contributed by atoms with Gasteiger partial charge < -0.3 is 14.8 Å². The van der Waals surface area contributed by atoms with Crippen molar-refractivity contribution in [1.29, 1.82) is 0 Å². The second-order valence-electron chi connectivity index (χ2n) is 18.1. The molecule has 0 saturated carbocycles.